The van der Waals surface area contributed by atoms with Gasteiger partial charge in [0.25, 0.3) is 0 Å². The van der Waals surface area contributed by atoms with E-state index in [1.165, 1.54) is 0 Å². The van der Waals surface area contributed by atoms with Crippen molar-refractivity contribution in [3.63, 3.8) is 0 Å². The van der Waals surface area contributed by atoms with Crippen LogP contribution < -0.4 is 9.47 Å². The summed E-state index contributed by atoms with van der Waals surface area (Å²) in [5.41, 5.74) is 1.01. The molecule has 0 radical (unpaired) electrons. The van der Waals surface area contributed by atoms with Crippen molar-refractivity contribution in [2.45, 2.75) is 26.2 Å². The van der Waals surface area contributed by atoms with Crippen LogP contribution in [-0.2, 0) is 5.41 Å². The van der Waals surface area contributed by atoms with E-state index in [1.54, 1.807) is 11.3 Å². The fourth-order valence-corrected chi connectivity index (χ4v) is 2.70. The number of fused-ring (bicyclic) bond motifs is 3. The summed E-state index contributed by atoms with van der Waals surface area (Å²) in [5, 5.41) is 1.13. The number of ether oxygens (including phenoxy) is 2. The number of aromatic nitrogens is 1. The summed E-state index contributed by atoms with van der Waals surface area (Å²) in [6, 6.07) is 4.00. The monoisotopic (exact) mass is 235 g/mol. The van der Waals surface area contributed by atoms with Gasteiger partial charge in [-0.15, -0.1) is 11.3 Å². The zero-order chi connectivity index (χ0) is 11.3. The molecule has 1 aliphatic rings. The highest BCUT2D eigenvalue weighted by Gasteiger charge is 2.23. The summed E-state index contributed by atoms with van der Waals surface area (Å²) in [6.45, 7) is 6.81. The Labute approximate surface area is 98.0 Å². The Hall–Kier alpha value is -1.29. The molecular formula is C12H13NO2S. The predicted octanol–water partition coefficient (Wildman–Crippen LogP) is 3.32. The van der Waals surface area contributed by atoms with Crippen LogP contribution >= 0.6 is 11.3 Å². The van der Waals surface area contributed by atoms with E-state index in [0.29, 0.717) is 6.79 Å². The Bertz CT molecular complexity index is 554. The van der Waals surface area contributed by atoms with Crippen molar-refractivity contribution in [2.24, 2.45) is 0 Å². The molecular weight excluding hydrogens is 222 g/mol. The number of hydrogen-bond acceptors (Lipinski definition) is 4. The van der Waals surface area contributed by atoms with Gasteiger partial charge in [-0.25, -0.2) is 4.98 Å². The minimum atomic E-state index is 0.0794. The predicted molar refractivity (Wildman–Crippen MR) is 64.4 cm³/mol. The molecule has 1 aromatic heterocycles. The zero-order valence-corrected chi connectivity index (χ0v) is 10.4. The first-order chi connectivity index (χ1) is 7.55. The van der Waals surface area contributed by atoms with Gasteiger partial charge in [-0.2, -0.15) is 0 Å². The molecule has 3 nitrogen and oxygen atoms in total. The molecule has 0 fully saturated rings. The second-order valence-electron chi connectivity index (χ2n) is 4.92. The van der Waals surface area contributed by atoms with Crippen LogP contribution in [-0.4, -0.2) is 11.8 Å². The SMILES string of the molecule is CC(C)(C)c1nc2c3c(ccc2s1)OCO3. The number of rotatable bonds is 0. The fraction of sp³-hybridized carbons (Fsp3) is 0.417. The molecule has 84 valence electrons. The van der Waals surface area contributed by atoms with Crippen LogP contribution in [0.25, 0.3) is 10.2 Å². The molecule has 2 heterocycles. The van der Waals surface area contributed by atoms with Crippen LogP contribution in [0.3, 0.4) is 0 Å². The average Bonchev–Trinajstić information content (AvgIpc) is 2.81. The molecule has 0 atom stereocenters. The largest absolute Gasteiger partial charge is 0.454 e. The normalized spacial score (nSPS) is 14.7. The van der Waals surface area contributed by atoms with E-state index >= 15 is 0 Å². The number of thiazole rings is 1. The van der Waals surface area contributed by atoms with Gasteiger partial charge in [0.1, 0.15) is 5.52 Å². The van der Waals surface area contributed by atoms with Crippen molar-refractivity contribution in [1.82, 2.24) is 4.98 Å². The third kappa shape index (κ3) is 1.37. The Morgan fingerprint density at radius 2 is 2.06 bits per heavy atom. The van der Waals surface area contributed by atoms with Crippen LogP contribution in [0, 0.1) is 0 Å². The molecule has 4 heteroatoms. The van der Waals surface area contributed by atoms with Gasteiger partial charge in [0.05, 0.1) is 9.71 Å². The summed E-state index contributed by atoms with van der Waals surface area (Å²) in [5.74, 6) is 1.60. The standard InChI is InChI=1S/C12H13NO2S/c1-12(2,3)11-13-9-8(16-11)5-4-7-10(9)15-6-14-7/h4-5H,6H2,1-3H3. The summed E-state index contributed by atoms with van der Waals surface area (Å²) >= 11 is 1.72. The number of benzene rings is 1. The van der Waals surface area contributed by atoms with E-state index in [9.17, 15) is 0 Å². The molecule has 0 aliphatic carbocycles. The first-order valence-corrected chi connectivity index (χ1v) is 6.07. The summed E-state index contributed by atoms with van der Waals surface area (Å²) in [6.07, 6.45) is 0. The van der Waals surface area contributed by atoms with Gasteiger partial charge in [0.2, 0.25) is 6.79 Å². The lowest BCUT2D eigenvalue weighted by molar-refractivity contribution is 0.174. The summed E-state index contributed by atoms with van der Waals surface area (Å²) in [4.78, 5) is 4.67. The number of hydrogen-bond donors (Lipinski definition) is 0. The van der Waals surface area contributed by atoms with E-state index in [-0.39, 0.29) is 5.41 Å². The molecule has 2 aromatic rings. The topological polar surface area (TPSA) is 31.4 Å². The second kappa shape index (κ2) is 3.10. The van der Waals surface area contributed by atoms with Crippen molar-refractivity contribution in [2.75, 3.05) is 6.79 Å². The average molecular weight is 235 g/mol. The lowest BCUT2D eigenvalue weighted by Gasteiger charge is -2.13. The molecule has 0 unspecified atom stereocenters. The van der Waals surface area contributed by atoms with Gasteiger partial charge in [0, 0.05) is 5.41 Å². The molecule has 0 saturated heterocycles. The zero-order valence-electron chi connectivity index (χ0n) is 9.53. The Kier molecular flexibility index (Phi) is 1.92. The molecule has 0 bridgehead atoms. The van der Waals surface area contributed by atoms with Crippen LogP contribution in [0.4, 0.5) is 0 Å². The summed E-state index contributed by atoms with van der Waals surface area (Å²) < 4.78 is 12.0. The number of nitrogens with zero attached hydrogens (tertiary/aromatic N) is 1. The van der Waals surface area contributed by atoms with E-state index in [0.717, 1.165) is 26.7 Å². The Morgan fingerprint density at radius 3 is 2.81 bits per heavy atom. The Morgan fingerprint density at radius 1 is 1.25 bits per heavy atom. The highest BCUT2D eigenvalue weighted by atomic mass is 32.1. The molecule has 1 aromatic carbocycles. The highest BCUT2D eigenvalue weighted by molar-refractivity contribution is 7.18. The molecule has 0 N–H and O–H groups in total. The van der Waals surface area contributed by atoms with E-state index in [4.69, 9.17) is 9.47 Å². The van der Waals surface area contributed by atoms with Gasteiger partial charge in [-0.3, -0.25) is 0 Å². The summed E-state index contributed by atoms with van der Waals surface area (Å²) in [7, 11) is 0. The minimum absolute atomic E-state index is 0.0794. The molecule has 3 rings (SSSR count). The second-order valence-corrected chi connectivity index (χ2v) is 5.95. The van der Waals surface area contributed by atoms with Crippen molar-refractivity contribution < 1.29 is 9.47 Å². The van der Waals surface area contributed by atoms with E-state index in [2.05, 4.69) is 31.8 Å². The molecule has 16 heavy (non-hydrogen) atoms. The van der Waals surface area contributed by atoms with Gasteiger partial charge in [-0.05, 0) is 12.1 Å². The first-order valence-electron chi connectivity index (χ1n) is 5.25. The van der Waals surface area contributed by atoms with Crippen LogP contribution in [0.5, 0.6) is 11.5 Å². The quantitative estimate of drug-likeness (QED) is 0.702. The maximum atomic E-state index is 5.46. The van der Waals surface area contributed by atoms with Crippen LogP contribution in [0.1, 0.15) is 25.8 Å². The molecule has 0 saturated carbocycles. The van der Waals surface area contributed by atoms with Gasteiger partial charge < -0.3 is 9.47 Å². The van der Waals surface area contributed by atoms with Gasteiger partial charge in [-0.1, -0.05) is 20.8 Å². The van der Waals surface area contributed by atoms with Gasteiger partial charge >= 0.3 is 0 Å². The minimum Gasteiger partial charge on any atom is -0.454 e. The lowest BCUT2D eigenvalue weighted by atomic mass is 9.98. The van der Waals surface area contributed by atoms with E-state index in [1.807, 2.05) is 6.07 Å². The maximum Gasteiger partial charge on any atom is 0.231 e. The van der Waals surface area contributed by atoms with E-state index < -0.39 is 0 Å². The van der Waals surface area contributed by atoms with Crippen LogP contribution in [0.15, 0.2) is 12.1 Å². The lowest BCUT2D eigenvalue weighted by Crippen LogP contribution is -2.09. The van der Waals surface area contributed by atoms with Crippen molar-refractivity contribution in [3.05, 3.63) is 17.1 Å². The fourth-order valence-electron chi connectivity index (χ4n) is 1.68. The van der Waals surface area contributed by atoms with Crippen molar-refractivity contribution in [1.29, 1.82) is 0 Å². The first kappa shape index (κ1) is 9.90. The Balaban J connectivity index is 2.26. The smallest absolute Gasteiger partial charge is 0.231 e. The molecule has 0 amide bonds. The van der Waals surface area contributed by atoms with Gasteiger partial charge in [0.15, 0.2) is 11.5 Å². The third-order valence-corrected chi connectivity index (χ3v) is 3.98. The highest BCUT2D eigenvalue weighted by Crippen LogP contribution is 2.42. The molecule has 0 spiro atoms. The van der Waals surface area contributed by atoms with Crippen molar-refractivity contribution >= 4 is 21.6 Å². The van der Waals surface area contributed by atoms with Crippen molar-refractivity contribution in [3.8, 4) is 11.5 Å². The maximum absolute atomic E-state index is 5.46. The van der Waals surface area contributed by atoms with Crippen LogP contribution in [0.2, 0.25) is 0 Å². The third-order valence-electron chi connectivity index (χ3n) is 2.54. The molecule has 1 aliphatic heterocycles.